The van der Waals surface area contributed by atoms with Crippen LogP contribution in [0.3, 0.4) is 0 Å². The van der Waals surface area contributed by atoms with Gasteiger partial charge < -0.3 is 5.32 Å². The molecule has 2 nitrogen and oxygen atoms in total. The van der Waals surface area contributed by atoms with Crippen LogP contribution in [0.25, 0.3) is 0 Å². The van der Waals surface area contributed by atoms with E-state index in [0.29, 0.717) is 17.8 Å². The maximum absolute atomic E-state index is 14.5. The smallest absolute Gasteiger partial charge is 0.130 e. The van der Waals surface area contributed by atoms with Gasteiger partial charge >= 0.3 is 0 Å². The standard InChI is InChI=1S/C24H31FN2S/c1-24(2,25)20-10-11-23-22(13-20)21-12-18(8-9-19(21)15-26-23)14-27-28-16-17-6-4-3-5-7-17/h3-7,10-11,13,18-19,21,26-27H,8-9,12,14-16H2,1-2H3. The number of hydrogen-bond acceptors (Lipinski definition) is 3. The average molecular weight is 399 g/mol. The van der Waals surface area contributed by atoms with Crippen LogP contribution in [0, 0.1) is 11.8 Å². The van der Waals surface area contributed by atoms with E-state index in [2.05, 4.69) is 52.5 Å². The maximum Gasteiger partial charge on any atom is 0.130 e. The Labute approximate surface area is 172 Å². The molecular formula is C24H31FN2S. The molecular weight excluding hydrogens is 367 g/mol. The highest BCUT2D eigenvalue weighted by atomic mass is 32.2. The van der Waals surface area contributed by atoms with Crippen LogP contribution in [0.15, 0.2) is 48.5 Å². The highest BCUT2D eigenvalue weighted by Crippen LogP contribution is 2.46. The van der Waals surface area contributed by atoms with Crippen LogP contribution in [0.1, 0.15) is 55.7 Å². The Hall–Kier alpha value is -1.52. The van der Waals surface area contributed by atoms with Crippen molar-refractivity contribution in [1.29, 1.82) is 0 Å². The molecule has 3 unspecified atom stereocenters. The van der Waals surface area contributed by atoms with Crippen LogP contribution in [0.5, 0.6) is 0 Å². The van der Waals surface area contributed by atoms with Crippen molar-refractivity contribution in [2.45, 2.75) is 50.4 Å². The summed E-state index contributed by atoms with van der Waals surface area (Å²) in [6, 6.07) is 16.8. The van der Waals surface area contributed by atoms with E-state index in [1.54, 1.807) is 13.8 Å². The topological polar surface area (TPSA) is 24.1 Å². The number of fused-ring (bicyclic) bond motifs is 3. The minimum atomic E-state index is -1.29. The highest BCUT2D eigenvalue weighted by Gasteiger charge is 2.36. The molecule has 150 valence electrons. The fourth-order valence-corrected chi connectivity index (χ4v) is 5.47. The predicted molar refractivity (Wildman–Crippen MR) is 118 cm³/mol. The van der Waals surface area contributed by atoms with Crippen molar-refractivity contribution >= 4 is 17.6 Å². The Kier molecular flexibility index (Phi) is 5.98. The Morgan fingerprint density at radius 1 is 1.14 bits per heavy atom. The van der Waals surface area contributed by atoms with Gasteiger partial charge in [-0.25, -0.2) is 4.39 Å². The fourth-order valence-electron chi connectivity index (χ4n) is 4.66. The molecule has 4 rings (SSSR count). The molecule has 1 fully saturated rings. The van der Waals surface area contributed by atoms with E-state index in [1.165, 1.54) is 36.1 Å². The molecule has 1 aliphatic carbocycles. The van der Waals surface area contributed by atoms with Gasteiger partial charge in [0.05, 0.1) is 0 Å². The zero-order valence-corrected chi connectivity index (χ0v) is 17.7. The second-order valence-corrected chi connectivity index (χ2v) is 9.69. The van der Waals surface area contributed by atoms with E-state index in [1.807, 2.05) is 18.0 Å². The lowest BCUT2D eigenvalue weighted by molar-refractivity contribution is 0.219. The number of alkyl halides is 1. The van der Waals surface area contributed by atoms with Gasteiger partial charge in [-0.2, -0.15) is 0 Å². The molecule has 28 heavy (non-hydrogen) atoms. The van der Waals surface area contributed by atoms with E-state index in [4.69, 9.17) is 0 Å². The summed E-state index contributed by atoms with van der Waals surface area (Å²) in [6.45, 7) is 5.41. The Balaban J connectivity index is 1.37. The molecule has 0 saturated heterocycles. The summed E-state index contributed by atoms with van der Waals surface area (Å²) >= 11 is 1.81. The Bertz CT molecular complexity index is 787. The summed E-state index contributed by atoms with van der Waals surface area (Å²) in [5, 5.41) is 3.58. The SMILES string of the molecule is CC(C)(F)c1ccc2c(c1)C1CC(CNSCc3ccccc3)CCC1CN2. The van der Waals surface area contributed by atoms with Gasteiger partial charge in [-0.05, 0) is 73.6 Å². The minimum Gasteiger partial charge on any atom is -0.385 e. The summed E-state index contributed by atoms with van der Waals surface area (Å²) < 4.78 is 18.1. The first-order valence-corrected chi connectivity index (χ1v) is 11.4. The molecule has 1 aliphatic heterocycles. The first kappa shape index (κ1) is 19.8. The number of hydrogen-bond donors (Lipinski definition) is 2. The molecule has 2 aromatic carbocycles. The van der Waals surface area contributed by atoms with E-state index in [0.717, 1.165) is 24.4 Å². The van der Waals surface area contributed by atoms with Crippen molar-refractivity contribution in [2.24, 2.45) is 11.8 Å². The molecule has 2 aliphatic rings. The van der Waals surface area contributed by atoms with Crippen LogP contribution in [-0.4, -0.2) is 13.1 Å². The van der Waals surface area contributed by atoms with Crippen LogP contribution in [-0.2, 0) is 11.4 Å². The van der Waals surface area contributed by atoms with Gasteiger partial charge in [-0.1, -0.05) is 54.4 Å². The number of benzene rings is 2. The van der Waals surface area contributed by atoms with Gasteiger partial charge in [-0.3, -0.25) is 4.72 Å². The lowest BCUT2D eigenvalue weighted by atomic mass is 9.69. The van der Waals surface area contributed by atoms with Gasteiger partial charge in [0.15, 0.2) is 0 Å². The van der Waals surface area contributed by atoms with Crippen LogP contribution < -0.4 is 10.0 Å². The van der Waals surface area contributed by atoms with Gasteiger partial charge in [-0.15, -0.1) is 0 Å². The summed E-state index contributed by atoms with van der Waals surface area (Å²) in [4.78, 5) is 0. The Morgan fingerprint density at radius 2 is 1.96 bits per heavy atom. The fraction of sp³-hybridized carbons (Fsp3) is 0.500. The van der Waals surface area contributed by atoms with Crippen molar-refractivity contribution in [2.75, 3.05) is 18.4 Å². The summed E-state index contributed by atoms with van der Waals surface area (Å²) in [6.07, 6.45) is 3.75. The third kappa shape index (κ3) is 4.55. The molecule has 1 saturated carbocycles. The molecule has 0 aromatic heterocycles. The molecule has 2 aromatic rings. The predicted octanol–water partition coefficient (Wildman–Crippen LogP) is 6.25. The third-order valence-electron chi connectivity index (χ3n) is 6.35. The molecule has 0 bridgehead atoms. The average Bonchev–Trinajstić information content (AvgIpc) is 2.71. The van der Waals surface area contributed by atoms with Crippen LogP contribution in [0.2, 0.25) is 0 Å². The van der Waals surface area contributed by atoms with Gasteiger partial charge in [0.1, 0.15) is 5.67 Å². The largest absolute Gasteiger partial charge is 0.385 e. The second-order valence-electron chi connectivity index (χ2n) is 8.82. The molecule has 0 radical (unpaired) electrons. The molecule has 0 spiro atoms. The van der Waals surface area contributed by atoms with Crippen molar-refractivity contribution in [3.05, 3.63) is 65.2 Å². The second kappa shape index (κ2) is 8.46. The Morgan fingerprint density at radius 3 is 2.75 bits per heavy atom. The molecule has 2 N–H and O–H groups in total. The maximum atomic E-state index is 14.5. The summed E-state index contributed by atoms with van der Waals surface area (Å²) in [7, 11) is 0. The number of halogens is 1. The van der Waals surface area contributed by atoms with E-state index in [9.17, 15) is 4.39 Å². The highest BCUT2D eigenvalue weighted by molar-refractivity contribution is 7.96. The zero-order chi connectivity index (χ0) is 19.6. The number of nitrogens with one attached hydrogen (secondary N) is 2. The first-order chi connectivity index (χ1) is 13.5. The van der Waals surface area contributed by atoms with Crippen LogP contribution >= 0.6 is 11.9 Å². The zero-order valence-electron chi connectivity index (χ0n) is 16.9. The van der Waals surface area contributed by atoms with Crippen molar-refractivity contribution in [1.82, 2.24) is 4.72 Å². The lowest BCUT2D eigenvalue weighted by Crippen LogP contribution is -2.35. The van der Waals surface area contributed by atoms with Gasteiger partial charge in [0.25, 0.3) is 0 Å². The summed E-state index contributed by atoms with van der Waals surface area (Å²) in [5.41, 5.74) is 3.42. The third-order valence-corrected chi connectivity index (χ3v) is 7.20. The molecule has 3 atom stereocenters. The van der Waals surface area contributed by atoms with Crippen molar-refractivity contribution in [3.8, 4) is 0 Å². The summed E-state index contributed by atoms with van der Waals surface area (Å²) in [5.74, 6) is 2.93. The van der Waals surface area contributed by atoms with Gasteiger partial charge in [0, 0.05) is 24.5 Å². The van der Waals surface area contributed by atoms with E-state index in [-0.39, 0.29) is 0 Å². The van der Waals surface area contributed by atoms with Crippen molar-refractivity contribution < 1.29 is 4.39 Å². The van der Waals surface area contributed by atoms with Crippen molar-refractivity contribution in [3.63, 3.8) is 0 Å². The lowest BCUT2D eigenvalue weighted by Gasteiger charge is -2.41. The molecule has 0 amide bonds. The van der Waals surface area contributed by atoms with Crippen LogP contribution in [0.4, 0.5) is 10.1 Å². The number of rotatable bonds is 6. The number of anilines is 1. The molecule has 4 heteroatoms. The monoisotopic (exact) mass is 398 g/mol. The minimum absolute atomic E-state index is 0.554. The van der Waals surface area contributed by atoms with Gasteiger partial charge in [0.2, 0.25) is 0 Å². The van der Waals surface area contributed by atoms with E-state index >= 15 is 0 Å². The normalized spacial score (nSPS) is 24.2. The van der Waals surface area contributed by atoms with E-state index < -0.39 is 5.67 Å². The quantitative estimate of drug-likeness (QED) is 0.444. The first-order valence-electron chi connectivity index (χ1n) is 10.5. The molecule has 1 heterocycles.